The van der Waals surface area contributed by atoms with E-state index in [4.69, 9.17) is 11.6 Å². The molecular weight excluding hydrogens is 292 g/mol. The molecule has 0 amide bonds. The lowest BCUT2D eigenvalue weighted by molar-refractivity contribution is 0.430. The van der Waals surface area contributed by atoms with Crippen molar-refractivity contribution in [1.29, 1.82) is 0 Å². The number of halogens is 1. The van der Waals surface area contributed by atoms with Gasteiger partial charge in [0.1, 0.15) is 0 Å². The number of thiophene rings is 1. The van der Waals surface area contributed by atoms with Crippen molar-refractivity contribution in [2.24, 2.45) is 0 Å². The zero-order valence-electron chi connectivity index (χ0n) is 10.2. The topological polar surface area (TPSA) is 49.4 Å². The van der Waals surface area contributed by atoms with Crippen molar-refractivity contribution in [3.63, 3.8) is 0 Å². The lowest BCUT2D eigenvalue weighted by Gasteiger charge is -2.27. The number of sulfonamides is 1. The van der Waals surface area contributed by atoms with E-state index in [2.05, 4.69) is 5.32 Å². The molecule has 7 heteroatoms. The molecule has 0 unspecified atom stereocenters. The molecule has 1 aromatic rings. The summed E-state index contributed by atoms with van der Waals surface area (Å²) in [6.45, 7) is 1.97. The molecule has 0 saturated carbocycles. The zero-order chi connectivity index (χ0) is 13.2. The average Bonchev–Trinajstić information content (AvgIpc) is 2.76. The molecule has 102 valence electrons. The lowest BCUT2D eigenvalue weighted by atomic mass is 10.2. The van der Waals surface area contributed by atoms with Gasteiger partial charge in [-0.3, -0.25) is 0 Å². The fraction of sp³-hybridized carbons (Fsp3) is 0.636. The molecule has 0 bridgehead atoms. The first-order valence-corrected chi connectivity index (χ1v) is 8.60. The molecule has 1 saturated heterocycles. The predicted octanol–water partition coefficient (Wildman–Crippen LogP) is 1.92. The molecule has 1 fully saturated rings. The summed E-state index contributed by atoms with van der Waals surface area (Å²) in [5.74, 6) is 0. The lowest BCUT2D eigenvalue weighted by Crippen LogP contribution is -2.42. The quantitative estimate of drug-likeness (QED) is 0.924. The Morgan fingerprint density at radius 3 is 2.67 bits per heavy atom. The van der Waals surface area contributed by atoms with E-state index in [0.29, 0.717) is 23.7 Å². The Morgan fingerprint density at radius 2 is 2.11 bits per heavy atom. The van der Waals surface area contributed by atoms with Gasteiger partial charge in [-0.2, -0.15) is 4.31 Å². The second kappa shape index (κ2) is 5.88. The molecule has 2 rings (SSSR count). The summed E-state index contributed by atoms with van der Waals surface area (Å²) in [6.07, 6.45) is 1.38. The summed E-state index contributed by atoms with van der Waals surface area (Å²) in [6, 6.07) is 3.67. The van der Waals surface area contributed by atoms with Crippen molar-refractivity contribution in [1.82, 2.24) is 9.62 Å². The first-order chi connectivity index (χ1) is 8.50. The maximum atomic E-state index is 12.4. The third-order valence-corrected chi connectivity index (χ3v) is 6.68. The van der Waals surface area contributed by atoms with Gasteiger partial charge in [-0.15, -0.1) is 11.3 Å². The Labute approximate surface area is 117 Å². The molecule has 2 heterocycles. The van der Waals surface area contributed by atoms with Gasteiger partial charge in [0.2, 0.25) is 10.0 Å². The van der Waals surface area contributed by atoms with Gasteiger partial charge in [0.15, 0.2) is 0 Å². The van der Waals surface area contributed by atoms with Crippen molar-refractivity contribution in [2.45, 2.75) is 24.6 Å². The maximum Gasteiger partial charge on any atom is 0.217 e. The second-order valence-corrected chi connectivity index (χ2v) is 8.58. The van der Waals surface area contributed by atoms with Crippen LogP contribution in [0.4, 0.5) is 0 Å². The van der Waals surface area contributed by atoms with Crippen molar-refractivity contribution in [2.75, 3.05) is 20.1 Å². The van der Waals surface area contributed by atoms with Crippen LogP contribution in [0.2, 0.25) is 4.34 Å². The Morgan fingerprint density at radius 1 is 1.44 bits per heavy atom. The molecule has 0 atom stereocenters. The number of rotatable bonds is 4. The molecule has 0 aromatic carbocycles. The average molecular weight is 309 g/mol. The van der Waals surface area contributed by atoms with Gasteiger partial charge in [0.05, 0.1) is 9.59 Å². The minimum atomic E-state index is -3.19. The van der Waals surface area contributed by atoms with E-state index in [9.17, 15) is 8.42 Å². The first kappa shape index (κ1) is 14.3. The SMILES string of the molecule is CN(Cc1ccc(Cl)s1)S(=O)(=O)C1CCNCC1. The molecule has 1 N–H and O–H groups in total. The molecule has 1 aliphatic rings. The van der Waals surface area contributed by atoms with E-state index in [1.807, 2.05) is 6.07 Å². The highest BCUT2D eigenvalue weighted by Gasteiger charge is 2.30. The highest BCUT2D eigenvalue weighted by atomic mass is 35.5. The van der Waals surface area contributed by atoms with Crippen LogP contribution in [0.5, 0.6) is 0 Å². The van der Waals surface area contributed by atoms with Gasteiger partial charge in [0, 0.05) is 18.5 Å². The van der Waals surface area contributed by atoms with Gasteiger partial charge >= 0.3 is 0 Å². The molecule has 1 aromatic heterocycles. The second-order valence-electron chi connectivity index (χ2n) is 4.46. The van der Waals surface area contributed by atoms with Gasteiger partial charge in [0.25, 0.3) is 0 Å². The highest BCUT2D eigenvalue weighted by Crippen LogP contribution is 2.25. The maximum absolute atomic E-state index is 12.4. The van der Waals surface area contributed by atoms with Crippen molar-refractivity contribution < 1.29 is 8.42 Å². The fourth-order valence-corrected chi connectivity index (χ4v) is 4.98. The largest absolute Gasteiger partial charge is 0.317 e. The van der Waals surface area contributed by atoms with Gasteiger partial charge < -0.3 is 5.32 Å². The zero-order valence-corrected chi connectivity index (χ0v) is 12.6. The monoisotopic (exact) mass is 308 g/mol. The van der Waals surface area contributed by atoms with E-state index in [1.165, 1.54) is 15.6 Å². The fourth-order valence-electron chi connectivity index (χ4n) is 2.09. The van der Waals surface area contributed by atoms with Crippen LogP contribution in [0.15, 0.2) is 12.1 Å². The van der Waals surface area contributed by atoms with Crippen LogP contribution in [-0.4, -0.2) is 38.1 Å². The molecule has 4 nitrogen and oxygen atoms in total. The van der Waals surface area contributed by atoms with E-state index < -0.39 is 10.0 Å². The smallest absolute Gasteiger partial charge is 0.217 e. The van der Waals surface area contributed by atoms with Crippen molar-refractivity contribution >= 4 is 33.0 Å². The van der Waals surface area contributed by atoms with E-state index >= 15 is 0 Å². The number of nitrogens with zero attached hydrogens (tertiary/aromatic N) is 1. The number of piperidine rings is 1. The number of hydrogen-bond donors (Lipinski definition) is 1. The van der Waals surface area contributed by atoms with Gasteiger partial charge in [-0.25, -0.2) is 8.42 Å². The minimum Gasteiger partial charge on any atom is -0.317 e. The molecule has 0 spiro atoms. The third kappa shape index (κ3) is 3.24. The molecule has 1 aliphatic heterocycles. The summed E-state index contributed by atoms with van der Waals surface area (Å²) in [4.78, 5) is 0.972. The van der Waals surface area contributed by atoms with Crippen LogP contribution in [0.3, 0.4) is 0 Å². The summed E-state index contributed by atoms with van der Waals surface area (Å²) >= 11 is 7.27. The third-order valence-electron chi connectivity index (χ3n) is 3.15. The molecular formula is C11H17ClN2O2S2. The number of hydrogen-bond acceptors (Lipinski definition) is 4. The normalized spacial score (nSPS) is 18.4. The van der Waals surface area contributed by atoms with Gasteiger partial charge in [-0.05, 0) is 38.1 Å². The summed E-state index contributed by atoms with van der Waals surface area (Å²) in [5, 5.41) is 2.93. The molecule has 0 aliphatic carbocycles. The predicted molar refractivity (Wildman–Crippen MR) is 75.6 cm³/mol. The highest BCUT2D eigenvalue weighted by molar-refractivity contribution is 7.89. The Bertz CT molecular complexity index is 495. The number of nitrogens with one attached hydrogen (secondary N) is 1. The van der Waals surface area contributed by atoms with E-state index in [-0.39, 0.29) is 5.25 Å². The molecule has 18 heavy (non-hydrogen) atoms. The van der Waals surface area contributed by atoms with E-state index in [0.717, 1.165) is 18.0 Å². The minimum absolute atomic E-state index is 0.251. The molecule has 0 radical (unpaired) electrons. The van der Waals surface area contributed by atoms with Crippen LogP contribution in [-0.2, 0) is 16.6 Å². The van der Waals surface area contributed by atoms with Crippen molar-refractivity contribution in [3.05, 3.63) is 21.3 Å². The van der Waals surface area contributed by atoms with Crippen molar-refractivity contribution in [3.8, 4) is 0 Å². The summed E-state index contributed by atoms with van der Waals surface area (Å²) < 4.78 is 26.9. The van der Waals surface area contributed by atoms with E-state index in [1.54, 1.807) is 13.1 Å². The van der Waals surface area contributed by atoms with Crippen LogP contribution >= 0.6 is 22.9 Å². The van der Waals surface area contributed by atoms with Crippen LogP contribution in [0.1, 0.15) is 17.7 Å². The first-order valence-electron chi connectivity index (χ1n) is 5.90. The van der Waals surface area contributed by atoms with Crippen LogP contribution < -0.4 is 5.32 Å². The van der Waals surface area contributed by atoms with Crippen LogP contribution in [0, 0.1) is 0 Å². The summed E-state index contributed by atoms with van der Waals surface area (Å²) in [7, 11) is -1.55. The Hall–Kier alpha value is -0.140. The van der Waals surface area contributed by atoms with Crippen LogP contribution in [0.25, 0.3) is 0 Å². The van der Waals surface area contributed by atoms with Gasteiger partial charge in [-0.1, -0.05) is 11.6 Å². The Balaban J connectivity index is 2.04. The summed E-state index contributed by atoms with van der Waals surface area (Å²) in [5.41, 5.74) is 0. The Kier molecular flexibility index (Phi) is 4.66. The standard InChI is InChI=1S/C11H17ClN2O2S2/c1-14(8-9-2-3-11(12)17-9)18(15,16)10-4-6-13-7-5-10/h2-3,10,13H,4-8H2,1H3.